The molecule has 2 N–H and O–H groups in total. The molecule has 0 aliphatic heterocycles. The van der Waals surface area contributed by atoms with E-state index in [1.807, 2.05) is 18.2 Å². The van der Waals surface area contributed by atoms with Gasteiger partial charge in [-0.25, -0.2) is 9.59 Å². The monoisotopic (exact) mass is 404 g/mol. The third-order valence-corrected chi connectivity index (χ3v) is 4.20. The zero-order chi connectivity index (χ0) is 21.9. The van der Waals surface area contributed by atoms with Gasteiger partial charge in [0.2, 0.25) is 0 Å². The number of rotatable bonds is 10. The van der Waals surface area contributed by atoms with Gasteiger partial charge in [-0.05, 0) is 45.6 Å². The predicted octanol–water partition coefficient (Wildman–Crippen LogP) is 3.10. The summed E-state index contributed by atoms with van der Waals surface area (Å²) >= 11 is 0. The summed E-state index contributed by atoms with van der Waals surface area (Å²) in [5.41, 5.74) is 8.87. The second-order valence-corrected chi connectivity index (χ2v) is 7.51. The first kappa shape index (κ1) is 23.8. The lowest BCUT2D eigenvalue weighted by Crippen LogP contribution is -2.45. The number of unbranched alkanes of at least 4 members (excludes halogenated alkanes) is 1. The van der Waals surface area contributed by atoms with Crippen molar-refractivity contribution < 1.29 is 29.0 Å². The normalized spacial score (nSPS) is 11.7. The molecular formula is C20H28N4O5. The van der Waals surface area contributed by atoms with Crippen molar-refractivity contribution in [1.29, 1.82) is 0 Å². The van der Waals surface area contributed by atoms with Crippen molar-refractivity contribution >= 4 is 24.2 Å². The van der Waals surface area contributed by atoms with Crippen LogP contribution in [0.25, 0.3) is 5.53 Å². The third kappa shape index (κ3) is 9.03. The van der Waals surface area contributed by atoms with E-state index in [1.54, 1.807) is 32.9 Å². The highest BCUT2D eigenvalue weighted by atomic mass is 16.5. The Labute approximate surface area is 170 Å². The molecule has 0 aromatic heterocycles. The van der Waals surface area contributed by atoms with E-state index in [9.17, 15) is 19.5 Å². The van der Waals surface area contributed by atoms with Crippen LogP contribution in [0.5, 0.6) is 0 Å². The maximum absolute atomic E-state index is 12.1. The van der Waals surface area contributed by atoms with E-state index in [0.717, 1.165) is 11.8 Å². The van der Waals surface area contributed by atoms with Gasteiger partial charge in [0, 0.05) is 12.1 Å². The average Bonchev–Trinajstić information content (AvgIpc) is 2.64. The van der Waals surface area contributed by atoms with Gasteiger partial charge < -0.3 is 25.6 Å². The maximum atomic E-state index is 12.1. The number of hydrogen-bond acceptors (Lipinski definition) is 4. The van der Waals surface area contributed by atoms with Crippen LogP contribution < -0.4 is 5.32 Å². The average molecular weight is 404 g/mol. The van der Waals surface area contributed by atoms with Gasteiger partial charge in [-0.3, -0.25) is 4.79 Å². The molecule has 0 bridgehead atoms. The van der Waals surface area contributed by atoms with Crippen LogP contribution in [0.4, 0.5) is 9.59 Å². The number of nitrogens with one attached hydrogen (secondary N) is 1. The van der Waals surface area contributed by atoms with Crippen molar-refractivity contribution in [2.45, 2.75) is 58.2 Å². The molecule has 2 amide bonds. The molecule has 1 aromatic rings. The molecule has 0 radical (unpaired) electrons. The fraction of sp³-hybridized carbons (Fsp3) is 0.500. The number of carboxylic acid groups (broad SMARTS) is 1. The molecule has 0 fully saturated rings. The lowest BCUT2D eigenvalue weighted by Gasteiger charge is -2.33. The van der Waals surface area contributed by atoms with Crippen molar-refractivity contribution in [2.24, 2.45) is 0 Å². The predicted molar refractivity (Wildman–Crippen MR) is 107 cm³/mol. The summed E-state index contributed by atoms with van der Waals surface area (Å²) in [7, 11) is 0. The summed E-state index contributed by atoms with van der Waals surface area (Å²) in [4.78, 5) is 39.5. The van der Waals surface area contributed by atoms with Crippen LogP contribution in [0.15, 0.2) is 30.3 Å². The first-order valence-electron chi connectivity index (χ1n) is 9.34. The molecule has 1 atom stereocenters. The largest absolute Gasteiger partial charge is 0.465 e. The number of ketones is 1. The van der Waals surface area contributed by atoms with E-state index in [-0.39, 0.29) is 13.0 Å². The maximum Gasteiger partial charge on any atom is 0.408 e. The van der Waals surface area contributed by atoms with E-state index in [2.05, 4.69) is 10.1 Å². The SMILES string of the molecule is CC(C)(C)N(CCCC[C@H](NC(=O)OCc1ccccc1)C(=O)C=[N+]=[N-])C(=O)O. The Morgan fingerprint density at radius 1 is 1.24 bits per heavy atom. The molecule has 0 saturated carbocycles. The number of nitrogens with zero attached hydrogens (tertiary/aromatic N) is 3. The van der Waals surface area contributed by atoms with E-state index < -0.39 is 29.6 Å². The summed E-state index contributed by atoms with van der Waals surface area (Å²) in [6, 6.07) is 8.16. The Kier molecular flexibility index (Phi) is 9.55. The van der Waals surface area contributed by atoms with Gasteiger partial charge in [0.1, 0.15) is 12.6 Å². The van der Waals surface area contributed by atoms with Crippen LogP contribution >= 0.6 is 0 Å². The number of alkyl carbamates (subject to hydrolysis) is 1. The minimum Gasteiger partial charge on any atom is -0.465 e. The fourth-order valence-corrected chi connectivity index (χ4v) is 2.68. The van der Waals surface area contributed by atoms with Crippen LogP contribution in [0.2, 0.25) is 0 Å². The number of carbonyl (C=O) groups excluding carboxylic acids is 2. The number of hydrogen-bond donors (Lipinski definition) is 2. The molecule has 29 heavy (non-hydrogen) atoms. The highest BCUT2D eigenvalue weighted by Crippen LogP contribution is 2.15. The van der Waals surface area contributed by atoms with Crippen molar-refractivity contribution in [1.82, 2.24) is 10.2 Å². The summed E-state index contributed by atoms with van der Waals surface area (Å²) in [6.45, 7) is 5.76. The number of amides is 2. The Balaban J connectivity index is 2.57. The minimum absolute atomic E-state index is 0.0564. The molecule has 0 unspecified atom stereocenters. The van der Waals surface area contributed by atoms with Crippen LogP contribution in [0.3, 0.4) is 0 Å². The summed E-state index contributed by atoms with van der Waals surface area (Å²) in [5.74, 6) is -0.574. The van der Waals surface area contributed by atoms with Crippen molar-refractivity contribution in [2.75, 3.05) is 6.54 Å². The van der Waals surface area contributed by atoms with Gasteiger partial charge in [0.15, 0.2) is 0 Å². The van der Waals surface area contributed by atoms with Crippen LogP contribution in [-0.2, 0) is 16.1 Å². The zero-order valence-electron chi connectivity index (χ0n) is 17.0. The number of benzene rings is 1. The molecule has 0 heterocycles. The summed E-state index contributed by atoms with van der Waals surface area (Å²) < 4.78 is 5.11. The van der Waals surface area contributed by atoms with E-state index >= 15 is 0 Å². The summed E-state index contributed by atoms with van der Waals surface area (Å²) in [5, 5.41) is 11.8. The van der Waals surface area contributed by atoms with Gasteiger partial charge in [-0.15, -0.1) is 0 Å². The molecule has 1 rings (SSSR count). The lowest BCUT2D eigenvalue weighted by molar-refractivity contribution is -0.118. The fourth-order valence-electron chi connectivity index (χ4n) is 2.68. The molecule has 1 aromatic carbocycles. The zero-order valence-corrected chi connectivity index (χ0v) is 17.0. The van der Waals surface area contributed by atoms with E-state index in [1.165, 1.54) is 4.90 Å². The van der Waals surface area contributed by atoms with Crippen LogP contribution in [-0.4, -0.2) is 57.1 Å². The lowest BCUT2D eigenvalue weighted by atomic mass is 10.0. The highest BCUT2D eigenvalue weighted by molar-refractivity contribution is 6.28. The Morgan fingerprint density at radius 2 is 1.90 bits per heavy atom. The van der Waals surface area contributed by atoms with Crippen molar-refractivity contribution in [3.05, 3.63) is 41.4 Å². The van der Waals surface area contributed by atoms with Crippen molar-refractivity contribution in [3.63, 3.8) is 0 Å². The standard InChI is InChI=1S/C20H28N4O5/c1-20(2,3)24(19(27)28)12-8-7-11-16(17(25)13-22-21)23-18(26)29-14-15-9-5-4-6-10-15/h4-6,9-10,13,16H,7-8,11-12,14H2,1-3H3,(H,23,26)(H,27,28)/t16-/m0/s1. The third-order valence-electron chi connectivity index (χ3n) is 4.20. The molecule has 9 nitrogen and oxygen atoms in total. The molecule has 0 aliphatic carbocycles. The molecule has 9 heteroatoms. The first-order valence-corrected chi connectivity index (χ1v) is 9.34. The van der Waals surface area contributed by atoms with Crippen molar-refractivity contribution in [3.8, 4) is 0 Å². The van der Waals surface area contributed by atoms with Gasteiger partial charge >= 0.3 is 18.4 Å². The quantitative estimate of drug-likeness (QED) is 0.268. The number of carbonyl (C=O) groups is 3. The Bertz CT molecular complexity index is 739. The Hall–Kier alpha value is -3.19. The molecule has 0 spiro atoms. The van der Waals surface area contributed by atoms with Crippen LogP contribution in [0, 0.1) is 0 Å². The first-order chi connectivity index (χ1) is 13.6. The molecule has 0 saturated heterocycles. The molecule has 0 aliphatic rings. The van der Waals surface area contributed by atoms with E-state index in [4.69, 9.17) is 10.3 Å². The number of Topliss-reactive ketones (excluding diaryl/α,β-unsaturated/α-hetero) is 1. The van der Waals surface area contributed by atoms with Gasteiger partial charge in [-0.1, -0.05) is 30.3 Å². The Morgan fingerprint density at radius 3 is 2.45 bits per heavy atom. The van der Waals surface area contributed by atoms with Gasteiger partial charge in [0.05, 0.1) is 0 Å². The highest BCUT2D eigenvalue weighted by Gasteiger charge is 2.26. The van der Waals surface area contributed by atoms with Gasteiger partial charge in [-0.2, -0.15) is 4.79 Å². The second kappa shape index (κ2) is 11.6. The van der Waals surface area contributed by atoms with Gasteiger partial charge in [0.25, 0.3) is 5.78 Å². The topological polar surface area (TPSA) is 132 Å². The minimum atomic E-state index is -1.01. The summed E-state index contributed by atoms with van der Waals surface area (Å²) in [6.07, 6.45) is 0.184. The van der Waals surface area contributed by atoms with Crippen LogP contribution in [0.1, 0.15) is 45.6 Å². The molecule has 158 valence electrons. The molecular weight excluding hydrogens is 376 g/mol. The second-order valence-electron chi connectivity index (χ2n) is 7.51. The van der Waals surface area contributed by atoms with E-state index in [0.29, 0.717) is 19.4 Å². The smallest absolute Gasteiger partial charge is 0.408 e. The number of ether oxygens (including phenoxy) is 1.